The van der Waals surface area contributed by atoms with Gasteiger partial charge in [-0.05, 0) is 18.4 Å². The minimum absolute atomic E-state index is 0.0507. The van der Waals surface area contributed by atoms with Crippen molar-refractivity contribution in [2.75, 3.05) is 6.61 Å². The number of benzene rings is 1. The second-order valence-corrected chi connectivity index (χ2v) is 6.07. The summed E-state index contributed by atoms with van der Waals surface area (Å²) in [7, 11) is 0. The summed E-state index contributed by atoms with van der Waals surface area (Å²) in [6.45, 7) is 6.44. The zero-order chi connectivity index (χ0) is 12.8. The van der Waals surface area contributed by atoms with Crippen LogP contribution in [0, 0.1) is 12.8 Å². The maximum atomic E-state index is 9.38. The van der Waals surface area contributed by atoms with Crippen molar-refractivity contribution < 1.29 is 5.11 Å². The number of hydrogen-bond donors (Lipinski definition) is 2. The number of aryl methyl sites for hydroxylation is 1. The predicted octanol–water partition coefficient (Wildman–Crippen LogP) is 2.57. The van der Waals surface area contributed by atoms with Gasteiger partial charge in [0.15, 0.2) is 0 Å². The number of nitrogens with two attached hydrogens (primary N) is 1. The first-order valence-corrected chi connectivity index (χ1v) is 7.13. The molecule has 1 rings (SSSR count). The second kappa shape index (κ2) is 7.04. The van der Waals surface area contributed by atoms with Crippen LogP contribution in [0.1, 0.15) is 25.0 Å². The number of hydrogen-bond acceptors (Lipinski definition) is 3. The van der Waals surface area contributed by atoms with E-state index in [9.17, 15) is 5.11 Å². The van der Waals surface area contributed by atoms with Gasteiger partial charge in [0.1, 0.15) is 0 Å². The van der Waals surface area contributed by atoms with Gasteiger partial charge < -0.3 is 10.8 Å². The third kappa shape index (κ3) is 4.70. The maximum Gasteiger partial charge on any atom is 0.0565 e. The van der Waals surface area contributed by atoms with Gasteiger partial charge >= 0.3 is 0 Å². The van der Waals surface area contributed by atoms with E-state index in [2.05, 4.69) is 45.0 Å². The van der Waals surface area contributed by atoms with Crippen LogP contribution in [-0.2, 0) is 5.75 Å². The summed E-state index contributed by atoms with van der Waals surface area (Å²) >= 11 is 1.74. The Bertz CT molecular complexity index is 341. The standard InChI is InChI=1S/C14H23NOS/c1-10(2)14(15)13(8-16)17-9-12-6-4-5-11(3)7-12/h4-7,10,13-14,16H,8-9,15H2,1-3H3. The Morgan fingerprint density at radius 3 is 2.59 bits per heavy atom. The third-order valence-corrected chi connectivity index (χ3v) is 4.32. The highest BCUT2D eigenvalue weighted by Gasteiger charge is 2.20. The van der Waals surface area contributed by atoms with Gasteiger partial charge in [0.2, 0.25) is 0 Å². The second-order valence-electron chi connectivity index (χ2n) is 4.84. The van der Waals surface area contributed by atoms with E-state index in [-0.39, 0.29) is 17.9 Å². The van der Waals surface area contributed by atoms with Gasteiger partial charge in [-0.15, -0.1) is 11.8 Å². The molecule has 3 N–H and O–H groups in total. The van der Waals surface area contributed by atoms with E-state index >= 15 is 0 Å². The minimum Gasteiger partial charge on any atom is -0.395 e. The molecule has 17 heavy (non-hydrogen) atoms. The zero-order valence-corrected chi connectivity index (χ0v) is 11.7. The average Bonchev–Trinajstić information content (AvgIpc) is 2.29. The molecule has 96 valence electrons. The quantitative estimate of drug-likeness (QED) is 0.819. The predicted molar refractivity (Wildman–Crippen MR) is 76.2 cm³/mol. The molecular weight excluding hydrogens is 230 g/mol. The van der Waals surface area contributed by atoms with Crippen molar-refractivity contribution in [1.29, 1.82) is 0 Å². The van der Waals surface area contributed by atoms with Crippen LogP contribution in [0.2, 0.25) is 0 Å². The lowest BCUT2D eigenvalue weighted by Crippen LogP contribution is -2.39. The van der Waals surface area contributed by atoms with Gasteiger partial charge in [-0.25, -0.2) is 0 Å². The molecular formula is C14H23NOS. The summed E-state index contributed by atoms with van der Waals surface area (Å²) in [6, 6.07) is 8.52. The fourth-order valence-corrected chi connectivity index (χ4v) is 2.95. The van der Waals surface area contributed by atoms with Crippen molar-refractivity contribution in [3.63, 3.8) is 0 Å². The maximum absolute atomic E-state index is 9.38. The molecule has 0 aliphatic carbocycles. The Kier molecular flexibility index (Phi) is 6.03. The normalized spacial score (nSPS) is 14.9. The van der Waals surface area contributed by atoms with Crippen LogP contribution in [0.15, 0.2) is 24.3 Å². The Morgan fingerprint density at radius 2 is 2.06 bits per heavy atom. The van der Waals surface area contributed by atoms with E-state index in [4.69, 9.17) is 5.73 Å². The van der Waals surface area contributed by atoms with Crippen molar-refractivity contribution in [3.05, 3.63) is 35.4 Å². The zero-order valence-electron chi connectivity index (χ0n) is 10.9. The van der Waals surface area contributed by atoms with Crippen LogP contribution in [0.25, 0.3) is 0 Å². The fraction of sp³-hybridized carbons (Fsp3) is 0.571. The van der Waals surface area contributed by atoms with Gasteiger partial charge in [-0.1, -0.05) is 43.7 Å². The summed E-state index contributed by atoms with van der Waals surface area (Å²) in [5, 5.41) is 9.50. The van der Waals surface area contributed by atoms with E-state index < -0.39 is 0 Å². The molecule has 0 aliphatic heterocycles. The molecule has 2 unspecified atom stereocenters. The largest absolute Gasteiger partial charge is 0.395 e. The number of aliphatic hydroxyl groups is 1. The first-order chi connectivity index (χ1) is 8.04. The van der Waals surface area contributed by atoms with Crippen LogP contribution in [0.5, 0.6) is 0 Å². The molecule has 0 radical (unpaired) electrons. The smallest absolute Gasteiger partial charge is 0.0565 e. The van der Waals surface area contributed by atoms with Crippen molar-refractivity contribution in [1.82, 2.24) is 0 Å². The van der Waals surface area contributed by atoms with Crippen LogP contribution >= 0.6 is 11.8 Å². The first-order valence-electron chi connectivity index (χ1n) is 6.08. The topological polar surface area (TPSA) is 46.2 Å². The van der Waals surface area contributed by atoms with Crippen molar-refractivity contribution in [2.45, 2.75) is 37.8 Å². The Morgan fingerprint density at radius 1 is 1.35 bits per heavy atom. The fourth-order valence-electron chi connectivity index (χ4n) is 1.72. The monoisotopic (exact) mass is 253 g/mol. The van der Waals surface area contributed by atoms with Gasteiger partial charge in [-0.3, -0.25) is 0 Å². The number of rotatable bonds is 6. The summed E-state index contributed by atoms with van der Waals surface area (Å²) in [6.07, 6.45) is 0. The summed E-state index contributed by atoms with van der Waals surface area (Å²) < 4.78 is 0. The van der Waals surface area contributed by atoms with Gasteiger partial charge in [0.25, 0.3) is 0 Å². The van der Waals surface area contributed by atoms with Crippen molar-refractivity contribution in [2.24, 2.45) is 11.7 Å². The van der Waals surface area contributed by atoms with Gasteiger partial charge in [-0.2, -0.15) is 0 Å². The molecule has 0 saturated carbocycles. The molecule has 1 aromatic rings. The minimum atomic E-state index is 0.0507. The molecule has 2 nitrogen and oxygen atoms in total. The highest BCUT2D eigenvalue weighted by Crippen LogP contribution is 2.22. The van der Waals surface area contributed by atoms with Crippen molar-refractivity contribution >= 4 is 11.8 Å². The Hall–Kier alpha value is -0.510. The molecule has 0 saturated heterocycles. The molecule has 0 fully saturated rings. The molecule has 0 spiro atoms. The lowest BCUT2D eigenvalue weighted by atomic mass is 10.0. The van der Waals surface area contributed by atoms with Gasteiger partial charge in [0, 0.05) is 17.0 Å². The molecule has 0 amide bonds. The van der Waals surface area contributed by atoms with Crippen LogP contribution in [0.4, 0.5) is 0 Å². The Labute approximate surface area is 109 Å². The van der Waals surface area contributed by atoms with E-state index in [1.54, 1.807) is 11.8 Å². The van der Waals surface area contributed by atoms with Crippen LogP contribution in [0.3, 0.4) is 0 Å². The molecule has 0 heterocycles. The molecule has 0 bridgehead atoms. The van der Waals surface area contributed by atoms with E-state index in [1.807, 2.05) is 0 Å². The van der Waals surface area contributed by atoms with Crippen LogP contribution < -0.4 is 5.73 Å². The summed E-state index contributed by atoms with van der Waals surface area (Å²) in [4.78, 5) is 0. The first kappa shape index (κ1) is 14.6. The lowest BCUT2D eigenvalue weighted by molar-refractivity contribution is 0.269. The molecule has 1 aromatic carbocycles. The van der Waals surface area contributed by atoms with Crippen molar-refractivity contribution in [3.8, 4) is 0 Å². The van der Waals surface area contributed by atoms with E-state index in [1.165, 1.54) is 11.1 Å². The summed E-state index contributed by atoms with van der Waals surface area (Å²) in [5.41, 5.74) is 8.66. The molecule has 3 heteroatoms. The highest BCUT2D eigenvalue weighted by atomic mass is 32.2. The van der Waals surface area contributed by atoms with E-state index in [0.717, 1.165) is 5.75 Å². The molecule has 0 aromatic heterocycles. The highest BCUT2D eigenvalue weighted by molar-refractivity contribution is 7.99. The van der Waals surface area contributed by atoms with Gasteiger partial charge in [0.05, 0.1) is 6.61 Å². The molecule has 2 atom stereocenters. The third-order valence-electron chi connectivity index (χ3n) is 2.93. The van der Waals surface area contributed by atoms with E-state index in [0.29, 0.717) is 5.92 Å². The SMILES string of the molecule is Cc1cccc(CSC(CO)C(N)C(C)C)c1. The Balaban J connectivity index is 2.53. The van der Waals surface area contributed by atoms with Crippen LogP contribution in [-0.4, -0.2) is 23.0 Å². The summed E-state index contributed by atoms with van der Waals surface area (Å²) in [5.74, 6) is 1.31. The average molecular weight is 253 g/mol. The molecule has 0 aliphatic rings. The lowest BCUT2D eigenvalue weighted by Gasteiger charge is -2.24. The number of thioether (sulfide) groups is 1. The number of aliphatic hydroxyl groups excluding tert-OH is 1.